The Bertz CT molecular complexity index is 818. The lowest BCUT2D eigenvalue weighted by Gasteiger charge is -2.07. The van der Waals surface area contributed by atoms with Crippen LogP contribution in [0.15, 0.2) is 47.6 Å². The van der Waals surface area contributed by atoms with Gasteiger partial charge in [-0.3, -0.25) is 9.59 Å². The lowest BCUT2D eigenvalue weighted by Crippen LogP contribution is -2.34. The highest BCUT2D eigenvalue weighted by molar-refractivity contribution is 5.96. The molecule has 0 aliphatic rings. The molecule has 0 bridgehead atoms. The smallest absolute Gasteiger partial charge is 0.259 e. The summed E-state index contributed by atoms with van der Waals surface area (Å²) in [6.45, 7) is 1.71. The summed E-state index contributed by atoms with van der Waals surface area (Å²) in [5.74, 6) is 0.479. The molecule has 2 aromatic carbocycles. The number of carbonyl (C=O) groups excluding carboxylic acids is 2. The molecule has 0 unspecified atom stereocenters. The van der Waals surface area contributed by atoms with Gasteiger partial charge in [0.1, 0.15) is 11.5 Å². The van der Waals surface area contributed by atoms with E-state index in [-0.39, 0.29) is 12.5 Å². The summed E-state index contributed by atoms with van der Waals surface area (Å²) in [6.07, 6.45) is 1.45. The summed E-state index contributed by atoms with van der Waals surface area (Å²) in [5, 5.41) is 6.42. The van der Waals surface area contributed by atoms with E-state index in [0.717, 1.165) is 5.56 Å². The van der Waals surface area contributed by atoms with Crippen molar-refractivity contribution in [1.82, 2.24) is 10.7 Å². The summed E-state index contributed by atoms with van der Waals surface area (Å²) in [6, 6.07) is 12.3. The number of rotatable bonds is 7. The Hall–Kier alpha value is -3.35. The van der Waals surface area contributed by atoms with Gasteiger partial charge in [-0.15, -0.1) is 0 Å². The van der Waals surface area contributed by atoms with Gasteiger partial charge in [0.2, 0.25) is 0 Å². The molecular weight excluding hydrogens is 334 g/mol. The summed E-state index contributed by atoms with van der Waals surface area (Å²) in [5.41, 5.74) is 4.48. The third-order valence-corrected chi connectivity index (χ3v) is 3.52. The Balaban J connectivity index is 1.88. The van der Waals surface area contributed by atoms with E-state index in [9.17, 15) is 9.59 Å². The van der Waals surface area contributed by atoms with Crippen LogP contribution in [0.1, 0.15) is 21.5 Å². The molecule has 0 aliphatic heterocycles. The van der Waals surface area contributed by atoms with Gasteiger partial charge in [0.15, 0.2) is 0 Å². The van der Waals surface area contributed by atoms with Gasteiger partial charge in [-0.1, -0.05) is 17.7 Å². The molecule has 7 nitrogen and oxygen atoms in total. The second-order valence-electron chi connectivity index (χ2n) is 5.45. The van der Waals surface area contributed by atoms with Gasteiger partial charge in [-0.25, -0.2) is 5.43 Å². The fraction of sp³-hybridized carbons (Fsp3) is 0.211. The standard InChI is InChI=1S/C19H21N3O4/c1-13-5-4-6-14(9-13)19(24)20-12-18(23)22-21-11-15-10-16(25-2)7-8-17(15)26-3/h4-11H,12H2,1-3H3,(H,20,24)(H,22,23)/b21-11+. The van der Waals surface area contributed by atoms with Crippen molar-refractivity contribution in [2.24, 2.45) is 5.10 Å². The number of methoxy groups -OCH3 is 2. The van der Waals surface area contributed by atoms with Crippen LogP contribution in [0.2, 0.25) is 0 Å². The van der Waals surface area contributed by atoms with Crippen LogP contribution in [0.25, 0.3) is 0 Å². The van der Waals surface area contributed by atoms with Crippen LogP contribution in [-0.4, -0.2) is 38.8 Å². The van der Waals surface area contributed by atoms with Crippen LogP contribution < -0.4 is 20.2 Å². The van der Waals surface area contributed by atoms with Gasteiger partial charge in [-0.2, -0.15) is 5.10 Å². The number of hydrogen-bond acceptors (Lipinski definition) is 5. The fourth-order valence-corrected chi connectivity index (χ4v) is 2.20. The monoisotopic (exact) mass is 355 g/mol. The Morgan fingerprint density at radius 3 is 2.62 bits per heavy atom. The van der Waals surface area contributed by atoms with Crippen molar-refractivity contribution in [1.29, 1.82) is 0 Å². The van der Waals surface area contributed by atoms with E-state index in [1.165, 1.54) is 6.21 Å². The van der Waals surface area contributed by atoms with Crippen molar-refractivity contribution < 1.29 is 19.1 Å². The molecule has 0 aromatic heterocycles. The molecule has 0 saturated carbocycles. The zero-order valence-electron chi connectivity index (χ0n) is 14.9. The Morgan fingerprint density at radius 2 is 1.92 bits per heavy atom. The molecule has 2 rings (SSSR count). The Kier molecular flexibility index (Phi) is 6.73. The van der Waals surface area contributed by atoms with Crippen molar-refractivity contribution in [3.8, 4) is 11.5 Å². The van der Waals surface area contributed by atoms with Crippen molar-refractivity contribution >= 4 is 18.0 Å². The Labute approximate surface area is 152 Å². The average molecular weight is 355 g/mol. The predicted molar refractivity (Wildman–Crippen MR) is 98.8 cm³/mol. The molecule has 2 amide bonds. The Morgan fingerprint density at radius 1 is 1.12 bits per heavy atom. The maximum absolute atomic E-state index is 12.0. The van der Waals surface area contributed by atoms with Crippen LogP contribution in [0, 0.1) is 6.92 Å². The molecule has 0 fully saturated rings. The largest absolute Gasteiger partial charge is 0.497 e. The van der Waals surface area contributed by atoms with Gasteiger partial charge in [0.05, 0.1) is 27.0 Å². The number of amides is 2. The fourth-order valence-electron chi connectivity index (χ4n) is 2.20. The molecule has 0 atom stereocenters. The van der Waals surface area contributed by atoms with Crippen LogP contribution in [0.4, 0.5) is 0 Å². The summed E-state index contributed by atoms with van der Waals surface area (Å²) >= 11 is 0. The molecule has 7 heteroatoms. The average Bonchev–Trinajstić information content (AvgIpc) is 2.66. The zero-order chi connectivity index (χ0) is 18.9. The van der Waals surface area contributed by atoms with Gasteiger partial charge in [-0.05, 0) is 37.3 Å². The number of ether oxygens (including phenoxy) is 2. The van der Waals surface area contributed by atoms with Crippen LogP contribution in [0.5, 0.6) is 11.5 Å². The number of nitrogens with zero attached hydrogens (tertiary/aromatic N) is 1. The number of hydrazone groups is 1. The van der Waals surface area contributed by atoms with Gasteiger partial charge in [0, 0.05) is 11.1 Å². The maximum atomic E-state index is 12.0. The third kappa shape index (κ3) is 5.34. The molecule has 0 heterocycles. The number of aryl methyl sites for hydroxylation is 1. The van der Waals surface area contributed by atoms with Gasteiger partial charge < -0.3 is 14.8 Å². The lowest BCUT2D eigenvalue weighted by molar-refractivity contribution is -0.120. The third-order valence-electron chi connectivity index (χ3n) is 3.52. The van der Waals surface area contributed by atoms with Gasteiger partial charge >= 0.3 is 0 Å². The predicted octanol–water partition coefficient (Wildman–Crippen LogP) is 1.89. The summed E-state index contributed by atoms with van der Waals surface area (Å²) in [4.78, 5) is 23.8. The van der Waals surface area contributed by atoms with E-state index in [4.69, 9.17) is 9.47 Å². The summed E-state index contributed by atoms with van der Waals surface area (Å²) < 4.78 is 10.4. The minimum atomic E-state index is -0.441. The highest BCUT2D eigenvalue weighted by atomic mass is 16.5. The van der Waals surface area contributed by atoms with E-state index >= 15 is 0 Å². The first-order valence-electron chi connectivity index (χ1n) is 7.92. The van der Waals surface area contributed by atoms with Crippen molar-refractivity contribution in [2.45, 2.75) is 6.92 Å². The van der Waals surface area contributed by atoms with E-state index in [2.05, 4.69) is 15.8 Å². The summed E-state index contributed by atoms with van der Waals surface area (Å²) in [7, 11) is 3.10. The zero-order valence-corrected chi connectivity index (χ0v) is 14.9. The highest BCUT2D eigenvalue weighted by Gasteiger charge is 2.08. The maximum Gasteiger partial charge on any atom is 0.259 e. The van der Waals surface area contributed by atoms with Gasteiger partial charge in [0.25, 0.3) is 11.8 Å². The van der Waals surface area contributed by atoms with E-state index in [1.54, 1.807) is 50.6 Å². The highest BCUT2D eigenvalue weighted by Crippen LogP contribution is 2.22. The first-order chi connectivity index (χ1) is 12.5. The molecule has 26 heavy (non-hydrogen) atoms. The molecule has 0 radical (unpaired) electrons. The normalized spacial score (nSPS) is 10.4. The first-order valence-corrected chi connectivity index (χ1v) is 7.92. The second kappa shape index (κ2) is 9.22. The second-order valence-corrected chi connectivity index (χ2v) is 5.45. The van der Waals surface area contributed by atoms with Crippen LogP contribution >= 0.6 is 0 Å². The molecule has 136 valence electrons. The first kappa shape index (κ1) is 19.0. The number of benzene rings is 2. The van der Waals surface area contributed by atoms with Crippen molar-refractivity contribution in [3.05, 3.63) is 59.2 Å². The van der Waals surface area contributed by atoms with Crippen LogP contribution in [0.3, 0.4) is 0 Å². The number of hydrogen-bond donors (Lipinski definition) is 2. The number of nitrogens with one attached hydrogen (secondary N) is 2. The van der Waals surface area contributed by atoms with Crippen molar-refractivity contribution in [2.75, 3.05) is 20.8 Å². The lowest BCUT2D eigenvalue weighted by atomic mass is 10.1. The van der Waals surface area contributed by atoms with E-state index in [1.807, 2.05) is 13.0 Å². The van der Waals surface area contributed by atoms with E-state index in [0.29, 0.717) is 22.6 Å². The SMILES string of the molecule is COc1ccc(OC)c(/C=N/NC(=O)CNC(=O)c2cccc(C)c2)c1. The minimum Gasteiger partial charge on any atom is -0.497 e. The number of carbonyl (C=O) groups is 2. The quantitative estimate of drug-likeness (QED) is 0.586. The van der Waals surface area contributed by atoms with Crippen LogP contribution in [-0.2, 0) is 4.79 Å². The van der Waals surface area contributed by atoms with E-state index < -0.39 is 5.91 Å². The molecule has 2 N–H and O–H groups in total. The molecule has 0 aliphatic carbocycles. The molecule has 2 aromatic rings. The minimum absolute atomic E-state index is 0.181. The molecule has 0 saturated heterocycles. The molecule has 0 spiro atoms. The molecular formula is C19H21N3O4. The van der Waals surface area contributed by atoms with Crippen molar-refractivity contribution in [3.63, 3.8) is 0 Å². The topological polar surface area (TPSA) is 89.0 Å².